The number of likely N-dealkylation sites (N-methyl/N-ethyl adjacent to an activating group) is 2. The third-order valence-corrected chi connectivity index (χ3v) is 19.0. The molecule has 0 unspecified atom stereocenters. The number of aliphatic hydroxyl groups is 1. The molecule has 10 heterocycles. The number of rotatable bonds is 21. The average Bonchev–Trinajstić information content (AvgIpc) is 1.74. The van der Waals surface area contributed by atoms with E-state index in [-0.39, 0.29) is 85.0 Å². The average molecular weight is 1800 g/mol. The number of hydrogen-bond acceptors (Lipinski definition) is 21. The largest absolute Gasteiger partial charge is 0.389 e. The minimum Gasteiger partial charge on any atom is -0.389 e. The predicted molar refractivity (Wildman–Crippen MR) is 514 cm³/mol. The molecule has 35 heteroatoms. The molecule has 726 valence electrons. The summed E-state index contributed by atoms with van der Waals surface area (Å²) < 4.78 is 30.9. The van der Waals surface area contributed by atoms with Crippen LogP contribution in [0.1, 0.15) is 284 Å². The van der Waals surface area contributed by atoms with E-state index in [1.165, 1.54) is 33.4 Å². The topological polar surface area (TPSA) is 424 Å². The summed E-state index contributed by atoms with van der Waals surface area (Å²) in [5.41, 5.74) is 26.3. The zero-order valence-corrected chi connectivity index (χ0v) is 86.0. The molecule has 10 aromatic heterocycles. The Morgan fingerprint density at radius 3 is 0.977 bits per heavy atom. The molecule has 0 fully saturated rings. The quantitative estimate of drug-likeness (QED) is 0.0364. The molecular weight excluding hydrogens is 1640 g/mol. The minimum atomic E-state index is -0.707. The molecular formula is C94H167N27O8. The monoisotopic (exact) mass is 1800 g/mol. The number of carbonyl (C=O) groups excluding carboxylic acids is 4. The maximum atomic E-state index is 11.1. The second-order valence-corrected chi connectivity index (χ2v) is 43.0. The Balaban J connectivity index is 0.000000719. The first-order valence-electron chi connectivity index (χ1n) is 43.9. The number of nitrogens with zero attached hydrogens (tertiary/aromatic N) is 22. The molecule has 10 rings (SSSR count). The van der Waals surface area contributed by atoms with Crippen LogP contribution in [0.2, 0.25) is 0 Å². The first-order chi connectivity index (χ1) is 58.9. The number of methoxy groups -OCH3 is 2. The summed E-state index contributed by atoms with van der Waals surface area (Å²) in [7, 11) is 11.1. The number of H-pyrrole nitrogens is 1. The van der Waals surface area contributed by atoms with Gasteiger partial charge < -0.3 is 46.7 Å². The third kappa shape index (κ3) is 49.9. The van der Waals surface area contributed by atoms with Crippen LogP contribution in [0.15, 0.2) is 112 Å². The maximum Gasteiger partial charge on any atom is 0.339 e. The van der Waals surface area contributed by atoms with Crippen LogP contribution in [0.25, 0.3) is 0 Å². The van der Waals surface area contributed by atoms with Gasteiger partial charge in [-0.25, -0.2) is 4.79 Å². The van der Waals surface area contributed by atoms with E-state index in [0.717, 1.165) is 53.4 Å². The van der Waals surface area contributed by atoms with Crippen molar-refractivity contribution in [2.45, 2.75) is 334 Å². The number of nitrogens with two attached hydrogens (primary N) is 3. The lowest BCUT2D eigenvalue weighted by atomic mass is 9.90. The van der Waals surface area contributed by atoms with Crippen LogP contribution in [0.4, 0.5) is 4.79 Å². The second kappa shape index (κ2) is 51.9. The number of carbonyl (C=O) groups is 4. The normalized spacial score (nSPS) is 12.0. The summed E-state index contributed by atoms with van der Waals surface area (Å²) in [5.74, 6) is 0.0532. The summed E-state index contributed by atoms with van der Waals surface area (Å²) in [5, 5.41) is 63.1. The van der Waals surface area contributed by atoms with Crippen LogP contribution in [-0.4, -0.2) is 216 Å². The molecule has 35 nitrogen and oxygen atoms in total. The molecule has 0 aliphatic carbocycles. The zero-order valence-electron chi connectivity index (χ0n) is 86.0. The zero-order chi connectivity index (χ0) is 99.3. The van der Waals surface area contributed by atoms with E-state index in [2.05, 4.69) is 303 Å². The van der Waals surface area contributed by atoms with Crippen LogP contribution in [0.3, 0.4) is 0 Å². The Labute approximate surface area is 770 Å². The number of amides is 4. The van der Waals surface area contributed by atoms with E-state index in [4.69, 9.17) is 31.4 Å². The van der Waals surface area contributed by atoms with Gasteiger partial charge in [0.2, 0.25) is 17.7 Å². The summed E-state index contributed by atoms with van der Waals surface area (Å²) in [4.78, 5) is 45.0. The highest BCUT2D eigenvalue weighted by molar-refractivity contribution is 5.75. The molecule has 9 N–H and O–H groups in total. The van der Waals surface area contributed by atoms with Gasteiger partial charge in [-0.05, 0) is 127 Å². The molecule has 0 saturated heterocycles. The number of nitrogens with one attached hydrogen (secondary N) is 2. The smallest absolute Gasteiger partial charge is 0.339 e. The van der Waals surface area contributed by atoms with Gasteiger partial charge in [0.05, 0.1) is 114 Å². The maximum absolute atomic E-state index is 11.1. The molecule has 0 aromatic carbocycles. The van der Waals surface area contributed by atoms with Gasteiger partial charge in [0.1, 0.15) is 13.1 Å². The van der Waals surface area contributed by atoms with Gasteiger partial charge in [0, 0.05) is 109 Å². The van der Waals surface area contributed by atoms with Crippen molar-refractivity contribution in [3.63, 3.8) is 0 Å². The molecule has 129 heavy (non-hydrogen) atoms. The first-order valence-corrected chi connectivity index (χ1v) is 43.9. The lowest BCUT2D eigenvalue weighted by molar-refractivity contribution is -0.121. The number of aromatic nitrogens is 22. The summed E-state index contributed by atoms with van der Waals surface area (Å²) >= 11 is 0. The molecule has 0 bridgehead atoms. The van der Waals surface area contributed by atoms with Gasteiger partial charge in [0.15, 0.2) is 5.82 Å². The van der Waals surface area contributed by atoms with E-state index in [9.17, 15) is 24.3 Å². The molecule has 10 aromatic rings. The summed E-state index contributed by atoms with van der Waals surface area (Å²) in [6, 6.07) is -0.550. The van der Waals surface area contributed by atoms with Crippen molar-refractivity contribution < 1.29 is 38.5 Å². The Kier molecular flexibility index (Phi) is 46.9. The number of tetrazole rings is 1. The molecule has 0 aliphatic heterocycles. The fourth-order valence-electron chi connectivity index (χ4n) is 10.0. The van der Waals surface area contributed by atoms with Crippen LogP contribution in [0.5, 0.6) is 0 Å². The van der Waals surface area contributed by atoms with Crippen LogP contribution in [-0.2, 0) is 136 Å². The number of aryl methyl sites for hydroxylation is 2. The number of ether oxygens (including phenoxy) is 3. The predicted octanol–water partition coefficient (Wildman–Crippen LogP) is 13.3. The second-order valence-electron chi connectivity index (χ2n) is 43.0. The van der Waals surface area contributed by atoms with Gasteiger partial charge in [-0.1, -0.05) is 213 Å². The van der Waals surface area contributed by atoms with Crippen molar-refractivity contribution in [3.8, 4) is 0 Å². The van der Waals surface area contributed by atoms with Crippen LogP contribution >= 0.6 is 0 Å². The van der Waals surface area contributed by atoms with Crippen LogP contribution in [0, 0.1) is 0 Å². The van der Waals surface area contributed by atoms with Crippen molar-refractivity contribution >= 4 is 23.8 Å². The highest BCUT2D eigenvalue weighted by Crippen LogP contribution is 2.28. The Hall–Kier alpha value is -10.4. The fraction of sp³-hybridized carbons (Fsp3) is 0.660. The number of hydrogen-bond donors (Lipinski definition) is 6. The number of primary amides is 3. The molecule has 0 radical (unpaired) electrons. The fourth-order valence-corrected chi connectivity index (χ4v) is 10.0. The van der Waals surface area contributed by atoms with Crippen molar-refractivity contribution in [2.75, 3.05) is 68.3 Å². The van der Waals surface area contributed by atoms with E-state index in [0.29, 0.717) is 45.9 Å². The lowest BCUT2D eigenvalue weighted by Gasteiger charge is -2.17. The SMILES string of the molecule is CC(C)(C)c1cnn(C(N)=O)c1.CC(C)(C)c1cnn(CC(N)=O)c1.CC(C)(C)c1cnn(CCC(N)=O)c1.CC(C)(C)c1nn[nH]n1.CC(C)(O)Cn1cc(C(C)(C)C)cn1.CN(C)CCn1cc(C(C)(C)C)cn1.CNC(=O)Cn1cc(C(C)(C)C)cn1.COCCOCCn1cc(C(C)(C)C)cn1.COCCn1cc(C(C)(C)C)cn1.Cn1cc(C(C)(C)C)cn1. The molecule has 4 amide bonds. The standard InChI is InChI=1S/C12H22N2O2.C11H21N3.C11H20N2O.2C10H17N3O.C10H18N2O.C9H15N3O.C8H13N3O.C8H14N2.C5H10N4/c1-12(2,3)11-9-13-14(10-11)5-6-16-8-7-15-4;1-11(2,3)10-8-12-14(9-10)7-6-13(4)5;1-10(2,3)9-6-12-13(7-9)8-11(4,5)14;1-10(2,3)8-5-12-13(6-8)7-9(14)11-4;1-10(2,3)8-6-12-13(7-8)5-4-9(11)14;1-10(2,3)9-7-11-12(8-9)5-6-13-4;1-9(2,3)7-4-11-12(5-7)6-8(10)13;1-8(2,3)6-4-10-11(5-6)7(9)12;1-8(2,3)7-5-9-10(4)6-7;1-5(2,3)4-6-8-9-7-4/h9-10H,5-8H2,1-4H3;8-9H,6-7H2,1-5H3;6-7,14H,8H2,1-5H3;5-6H,7H2,1-4H3,(H,11,14);6-7H,4-5H2,1-3H3,(H2,11,14);7-8H,5-6H2,1-4H3;4-5H,6H2,1-3H3,(H2,10,13);4-5H,1-3H3,(H2,9,12);5-6H,1-4H3;1-3H3,(H,6,7,8,9). The minimum absolute atomic E-state index is 0.00694. The van der Waals surface area contributed by atoms with Crippen molar-refractivity contribution in [1.82, 2.24) is 119 Å². The van der Waals surface area contributed by atoms with E-state index in [1.54, 1.807) is 72.4 Å². The highest BCUT2D eigenvalue weighted by atomic mass is 16.5. The lowest BCUT2D eigenvalue weighted by Crippen LogP contribution is -2.26. The third-order valence-electron chi connectivity index (χ3n) is 19.0. The first kappa shape index (κ1) is 117. The molecule has 0 aliphatic rings. The van der Waals surface area contributed by atoms with Crippen LogP contribution < -0.4 is 22.5 Å². The Morgan fingerprint density at radius 2 is 0.705 bits per heavy atom. The Morgan fingerprint density at radius 1 is 0.388 bits per heavy atom. The van der Waals surface area contributed by atoms with E-state index < -0.39 is 11.6 Å². The van der Waals surface area contributed by atoms with E-state index in [1.807, 2.05) is 115 Å². The van der Waals surface area contributed by atoms with Gasteiger partial charge >= 0.3 is 6.03 Å². The highest BCUT2D eigenvalue weighted by Gasteiger charge is 2.25. The van der Waals surface area contributed by atoms with Crippen molar-refractivity contribution in [1.29, 1.82) is 0 Å². The number of aromatic amines is 1. The molecule has 0 spiro atoms. The van der Waals surface area contributed by atoms with Gasteiger partial charge in [0.25, 0.3) is 0 Å². The molecule has 0 atom stereocenters. The van der Waals surface area contributed by atoms with Gasteiger partial charge in [-0.15, -0.1) is 10.2 Å². The molecule has 0 saturated carbocycles. The summed E-state index contributed by atoms with van der Waals surface area (Å²) in [6.07, 6.45) is 34.8. The van der Waals surface area contributed by atoms with Crippen molar-refractivity contribution in [2.24, 2.45) is 24.2 Å². The van der Waals surface area contributed by atoms with Gasteiger partial charge in [-0.2, -0.15) is 55.8 Å². The Bertz CT molecular complexity index is 4760. The van der Waals surface area contributed by atoms with Gasteiger partial charge in [-0.3, -0.25) is 51.8 Å². The summed E-state index contributed by atoms with van der Waals surface area (Å²) in [6.45, 7) is 75.4. The van der Waals surface area contributed by atoms with Crippen molar-refractivity contribution in [3.05, 3.63) is 167 Å². The van der Waals surface area contributed by atoms with E-state index >= 15 is 0 Å².